The number of hydrogen-bond donors (Lipinski definition) is 1. The van der Waals surface area contributed by atoms with Crippen molar-refractivity contribution < 1.29 is 62.0 Å². The minimum absolute atomic E-state index is 0. The highest BCUT2D eigenvalue weighted by Gasteiger charge is 2.59. The average Bonchev–Trinajstić information content (AvgIpc) is 2.79. The molecule has 0 aromatic rings. The molecule has 3 nitrogen and oxygen atoms in total. The third-order valence-corrected chi connectivity index (χ3v) is 11.9. The summed E-state index contributed by atoms with van der Waals surface area (Å²) in [6.45, 7) is 11.8. The predicted octanol–water partition coefficient (Wildman–Crippen LogP) is 0.153. The molecule has 206 valence electrons. The summed E-state index contributed by atoms with van der Waals surface area (Å²) in [6, 6.07) is 0. The van der Waals surface area contributed by atoms with Gasteiger partial charge in [0.15, 0.2) is 0 Å². The lowest BCUT2D eigenvalue weighted by molar-refractivity contribution is -0.931. The van der Waals surface area contributed by atoms with Crippen LogP contribution in [-0.4, -0.2) is 72.5 Å². The first-order valence-electron chi connectivity index (χ1n) is 15.3. The molecule has 0 amide bonds. The van der Waals surface area contributed by atoms with Crippen LogP contribution in [0.15, 0.2) is 0 Å². The van der Waals surface area contributed by atoms with Gasteiger partial charge in [-0.05, 0) is 133 Å². The largest absolute Gasteiger partial charge is 1.00 e. The number of aliphatic hydroxyl groups is 1. The number of hydrogen-bond acceptors (Lipinski definition) is 1. The van der Waals surface area contributed by atoms with Gasteiger partial charge in [-0.3, -0.25) is 0 Å². The summed E-state index contributed by atoms with van der Waals surface area (Å²) in [7, 11) is 2.49. The minimum Gasteiger partial charge on any atom is -1.00 e. The van der Waals surface area contributed by atoms with Gasteiger partial charge in [-0.1, -0.05) is 0 Å². The topological polar surface area (TPSA) is 20.2 Å². The Morgan fingerprint density at radius 3 is 1.66 bits per heavy atom. The molecule has 2 heterocycles. The Hall–Kier alpha value is 1.34. The van der Waals surface area contributed by atoms with Gasteiger partial charge in [0, 0.05) is 0 Å². The molecule has 5 heteroatoms. The van der Waals surface area contributed by atoms with Crippen LogP contribution in [0.25, 0.3) is 0 Å². The highest BCUT2D eigenvalue weighted by atomic mass is 127. The highest BCUT2D eigenvalue weighted by molar-refractivity contribution is 5.10. The fourth-order valence-electron chi connectivity index (χ4n) is 10.2. The molecule has 35 heavy (non-hydrogen) atoms. The summed E-state index contributed by atoms with van der Waals surface area (Å²) in [5.74, 6) is 2.81. The molecular weight excluding hydrogens is 658 g/mol. The maximum absolute atomic E-state index is 12.7. The van der Waals surface area contributed by atoms with Crippen molar-refractivity contribution in [1.29, 1.82) is 0 Å². The van der Waals surface area contributed by atoms with Crippen LogP contribution in [0, 0.1) is 23.2 Å². The van der Waals surface area contributed by atoms with Crippen molar-refractivity contribution in [2.24, 2.45) is 23.2 Å². The molecule has 6 aliphatic rings. The predicted molar refractivity (Wildman–Crippen MR) is 138 cm³/mol. The van der Waals surface area contributed by atoms with Gasteiger partial charge in [-0.2, -0.15) is 0 Å². The molecule has 0 aromatic heterocycles. The van der Waals surface area contributed by atoms with Crippen molar-refractivity contribution in [3.8, 4) is 0 Å². The van der Waals surface area contributed by atoms with Crippen molar-refractivity contribution in [2.45, 2.75) is 115 Å². The van der Waals surface area contributed by atoms with Gasteiger partial charge in [-0.25, -0.2) is 0 Å². The Kier molecular flexibility index (Phi) is 11.2. The molecule has 4 saturated carbocycles. The van der Waals surface area contributed by atoms with E-state index in [1.807, 2.05) is 0 Å². The van der Waals surface area contributed by atoms with Crippen molar-refractivity contribution in [2.75, 3.05) is 52.9 Å². The van der Waals surface area contributed by atoms with Gasteiger partial charge in [-0.15, -0.1) is 0 Å². The fourth-order valence-corrected chi connectivity index (χ4v) is 10.2. The van der Waals surface area contributed by atoms with Crippen LogP contribution in [0.1, 0.15) is 110 Å². The van der Waals surface area contributed by atoms with Crippen molar-refractivity contribution in [1.82, 2.24) is 0 Å². The molecule has 2 saturated heterocycles. The quantitative estimate of drug-likeness (QED) is 0.253. The van der Waals surface area contributed by atoms with Gasteiger partial charge >= 0.3 is 0 Å². The van der Waals surface area contributed by atoms with Gasteiger partial charge in [0.05, 0.1) is 58.5 Å². The van der Waals surface area contributed by atoms with Crippen molar-refractivity contribution in [3.05, 3.63) is 0 Å². The number of nitrogens with zero attached hydrogens (tertiary/aromatic N) is 2. The normalized spacial score (nSPS) is 36.6. The summed E-state index contributed by atoms with van der Waals surface area (Å²) in [6.07, 6.45) is 21.7. The zero-order valence-electron chi connectivity index (χ0n) is 23.1. The Morgan fingerprint density at radius 1 is 0.714 bits per heavy atom. The summed E-state index contributed by atoms with van der Waals surface area (Å²) in [5, 5.41) is 12.7. The van der Waals surface area contributed by atoms with E-state index in [9.17, 15) is 5.11 Å². The molecule has 0 radical (unpaired) electrons. The first-order valence-corrected chi connectivity index (χ1v) is 15.3. The van der Waals surface area contributed by atoms with Crippen molar-refractivity contribution in [3.63, 3.8) is 0 Å². The monoisotopic (exact) mass is 714 g/mol. The zero-order chi connectivity index (χ0) is 23.0. The van der Waals surface area contributed by atoms with Crippen LogP contribution < -0.4 is 48.0 Å². The minimum atomic E-state index is -0.397. The highest BCUT2D eigenvalue weighted by Crippen LogP contribution is 2.65. The van der Waals surface area contributed by atoms with Gasteiger partial charge in [0.2, 0.25) is 0 Å². The van der Waals surface area contributed by atoms with Crippen LogP contribution in [0.5, 0.6) is 0 Å². The van der Waals surface area contributed by atoms with Crippen LogP contribution in [-0.2, 0) is 0 Å². The van der Waals surface area contributed by atoms with Crippen molar-refractivity contribution >= 4 is 0 Å². The lowest BCUT2D eigenvalue weighted by atomic mass is 9.44. The van der Waals surface area contributed by atoms with E-state index in [0.29, 0.717) is 0 Å². The molecule has 1 atom stereocenters. The third kappa shape index (κ3) is 6.74. The third-order valence-electron chi connectivity index (χ3n) is 11.9. The maximum atomic E-state index is 12.7. The summed E-state index contributed by atoms with van der Waals surface area (Å²) in [4.78, 5) is 0. The molecule has 0 aromatic carbocycles. The van der Waals surface area contributed by atoms with E-state index < -0.39 is 5.60 Å². The molecule has 4 aliphatic carbocycles. The second kappa shape index (κ2) is 12.7. The smallest absolute Gasteiger partial charge is 0.0787 e. The first kappa shape index (κ1) is 30.9. The van der Waals surface area contributed by atoms with Gasteiger partial charge < -0.3 is 62.0 Å². The fraction of sp³-hybridized carbons (Fsp3) is 1.00. The molecule has 4 bridgehead atoms. The SMILES string of the molecule is CC[N+]1(CCCC(O)(CCC[N+]2(C)CCCCC2)C23CC4CC(CC(C4)C2)C3)CCCCC1.[I-].[I-]. The Bertz CT molecular complexity index is 623. The van der Waals surface area contributed by atoms with E-state index in [1.54, 1.807) is 0 Å². The number of quaternary nitrogens is 2. The van der Waals surface area contributed by atoms with Gasteiger partial charge in [0.1, 0.15) is 0 Å². The number of piperidine rings is 2. The molecule has 6 rings (SSSR count). The molecule has 2 aliphatic heterocycles. The van der Waals surface area contributed by atoms with Gasteiger partial charge in [0.25, 0.3) is 0 Å². The van der Waals surface area contributed by atoms with Crippen LogP contribution in [0.2, 0.25) is 0 Å². The summed E-state index contributed by atoms with van der Waals surface area (Å²) < 4.78 is 2.61. The average molecular weight is 715 g/mol. The Balaban J connectivity index is 0.00000171. The van der Waals surface area contributed by atoms with Crippen LogP contribution in [0.3, 0.4) is 0 Å². The van der Waals surface area contributed by atoms with E-state index in [2.05, 4.69) is 14.0 Å². The van der Waals surface area contributed by atoms with E-state index in [1.165, 1.54) is 145 Å². The summed E-state index contributed by atoms with van der Waals surface area (Å²) >= 11 is 0. The molecule has 1 N–H and O–H groups in total. The Labute approximate surface area is 251 Å². The number of rotatable bonds is 10. The molecular formula is C30H56I2N2O. The van der Waals surface area contributed by atoms with E-state index >= 15 is 0 Å². The second-order valence-electron chi connectivity index (χ2n) is 14.2. The lowest BCUT2D eigenvalue weighted by Gasteiger charge is -2.62. The first-order chi connectivity index (χ1) is 15.9. The zero-order valence-corrected chi connectivity index (χ0v) is 27.4. The van der Waals surface area contributed by atoms with E-state index in [4.69, 9.17) is 0 Å². The lowest BCUT2D eigenvalue weighted by Crippen LogP contribution is -3.00. The standard InChI is InChI=1S/C30H56N2O.2HI/c1-3-32(17-8-5-9-18-32)19-11-13-30(33,12-10-16-31(2)14-6-4-7-15-31)29-23-26-20-27(24-29)22-28(21-26)25-29;;/h26-28,33H,3-25H2,1-2H3;2*1H/q+2;;/p-2. The van der Waals surface area contributed by atoms with Crippen LogP contribution >= 0.6 is 0 Å². The van der Waals surface area contributed by atoms with Crippen LogP contribution in [0.4, 0.5) is 0 Å². The number of halogens is 2. The second-order valence-corrected chi connectivity index (χ2v) is 14.2. The van der Waals surface area contributed by atoms with E-state index in [-0.39, 0.29) is 53.4 Å². The molecule has 0 spiro atoms. The Morgan fingerprint density at radius 2 is 1.17 bits per heavy atom. The molecule has 1 unspecified atom stereocenters. The number of likely N-dealkylation sites (tertiary alicyclic amines) is 2. The maximum Gasteiger partial charge on any atom is 0.0787 e. The molecule has 6 fully saturated rings. The van der Waals surface area contributed by atoms with E-state index in [0.717, 1.165) is 30.6 Å². The summed E-state index contributed by atoms with van der Waals surface area (Å²) in [5.41, 5.74) is -0.132.